The lowest BCUT2D eigenvalue weighted by Gasteiger charge is -2.12. The molecule has 0 bridgehead atoms. The number of alkyl halides is 3. The van der Waals surface area contributed by atoms with Crippen molar-refractivity contribution in [3.05, 3.63) is 90.6 Å². The smallest absolute Gasteiger partial charge is 0.366 e. The number of hydrogen-bond donors (Lipinski definition) is 1. The van der Waals surface area contributed by atoms with Crippen LogP contribution in [-0.2, 0) is 12.7 Å². The van der Waals surface area contributed by atoms with E-state index in [4.69, 9.17) is 0 Å². The van der Waals surface area contributed by atoms with Crippen molar-refractivity contribution in [1.82, 2.24) is 19.9 Å². The molecule has 0 spiro atoms. The molecule has 0 saturated heterocycles. The maximum atomic E-state index is 13.3. The Bertz CT molecular complexity index is 1120. The second kappa shape index (κ2) is 8.28. The van der Waals surface area contributed by atoms with Gasteiger partial charge in [-0.05, 0) is 34.9 Å². The number of benzene rings is 1. The molecule has 0 fully saturated rings. The number of hydrogen-bond acceptors (Lipinski definition) is 5. The van der Waals surface area contributed by atoms with E-state index in [1.807, 2.05) is 36.4 Å². The van der Waals surface area contributed by atoms with Crippen molar-refractivity contribution in [2.24, 2.45) is 0 Å². The van der Waals surface area contributed by atoms with Gasteiger partial charge in [0.1, 0.15) is 5.82 Å². The van der Waals surface area contributed by atoms with Crippen molar-refractivity contribution in [2.75, 3.05) is 5.32 Å². The molecule has 0 aliphatic heterocycles. The summed E-state index contributed by atoms with van der Waals surface area (Å²) in [6.45, 7) is 0.314. The molecule has 3 heterocycles. The average molecular weight is 407 g/mol. The highest BCUT2D eigenvalue weighted by atomic mass is 19.4. The van der Waals surface area contributed by atoms with Gasteiger partial charge >= 0.3 is 6.18 Å². The van der Waals surface area contributed by atoms with Crippen molar-refractivity contribution in [2.45, 2.75) is 12.7 Å². The molecule has 0 saturated carbocycles. The highest BCUT2D eigenvalue weighted by Crippen LogP contribution is 2.30. The quantitative estimate of drug-likeness (QED) is 0.491. The summed E-state index contributed by atoms with van der Waals surface area (Å²) in [5.74, 6) is 0.0554. The molecule has 4 rings (SSSR count). The van der Waals surface area contributed by atoms with Crippen LogP contribution in [0.15, 0.2) is 79.4 Å². The van der Waals surface area contributed by atoms with Crippen molar-refractivity contribution in [3.63, 3.8) is 0 Å². The Morgan fingerprint density at radius 1 is 0.767 bits per heavy atom. The molecule has 0 unspecified atom stereocenters. The molecule has 5 nitrogen and oxygen atoms in total. The molecule has 0 aliphatic rings. The van der Waals surface area contributed by atoms with E-state index in [2.05, 4.69) is 25.3 Å². The number of pyridine rings is 2. The van der Waals surface area contributed by atoms with Crippen LogP contribution in [0.3, 0.4) is 0 Å². The zero-order valence-corrected chi connectivity index (χ0v) is 15.6. The highest BCUT2D eigenvalue weighted by Gasteiger charge is 2.33. The van der Waals surface area contributed by atoms with E-state index in [1.165, 1.54) is 12.4 Å². The van der Waals surface area contributed by atoms with Crippen LogP contribution in [0.5, 0.6) is 0 Å². The molecule has 150 valence electrons. The first-order chi connectivity index (χ1) is 14.5. The van der Waals surface area contributed by atoms with Crippen LogP contribution in [0, 0.1) is 0 Å². The molecule has 3 aromatic heterocycles. The summed E-state index contributed by atoms with van der Waals surface area (Å²) in [5.41, 5.74) is 2.30. The van der Waals surface area contributed by atoms with E-state index in [0.717, 1.165) is 22.8 Å². The number of anilines is 1. The lowest BCUT2D eigenvalue weighted by atomic mass is 10.1. The zero-order valence-electron chi connectivity index (χ0n) is 15.6. The monoisotopic (exact) mass is 407 g/mol. The minimum atomic E-state index is -4.58. The van der Waals surface area contributed by atoms with Gasteiger partial charge in [0.05, 0.1) is 0 Å². The largest absolute Gasteiger partial charge is 0.433 e. The molecular weight excluding hydrogens is 391 g/mol. The second-order valence-electron chi connectivity index (χ2n) is 6.49. The Labute approximate surface area is 170 Å². The van der Waals surface area contributed by atoms with Gasteiger partial charge in [-0.2, -0.15) is 13.2 Å². The molecule has 0 radical (unpaired) electrons. The second-order valence-corrected chi connectivity index (χ2v) is 6.49. The summed E-state index contributed by atoms with van der Waals surface area (Å²) in [4.78, 5) is 15.9. The van der Waals surface area contributed by atoms with Crippen molar-refractivity contribution < 1.29 is 13.2 Å². The van der Waals surface area contributed by atoms with E-state index in [-0.39, 0.29) is 11.6 Å². The van der Waals surface area contributed by atoms with Crippen molar-refractivity contribution in [3.8, 4) is 22.5 Å². The summed E-state index contributed by atoms with van der Waals surface area (Å²) in [7, 11) is 0. The summed E-state index contributed by atoms with van der Waals surface area (Å²) in [5, 5.41) is 2.96. The molecule has 0 atom stereocenters. The number of rotatable bonds is 5. The van der Waals surface area contributed by atoms with E-state index in [0.29, 0.717) is 12.1 Å². The lowest BCUT2D eigenvalue weighted by Crippen LogP contribution is -2.12. The van der Waals surface area contributed by atoms with Crippen molar-refractivity contribution in [1.29, 1.82) is 0 Å². The average Bonchev–Trinajstić information content (AvgIpc) is 2.78. The molecular formula is C22H16F3N5. The normalized spacial score (nSPS) is 11.3. The Morgan fingerprint density at radius 3 is 2.03 bits per heavy atom. The summed E-state index contributed by atoms with van der Waals surface area (Å²) in [6.07, 6.45) is 1.86. The fourth-order valence-electron chi connectivity index (χ4n) is 2.85. The van der Waals surface area contributed by atoms with Crippen molar-refractivity contribution >= 4 is 5.82 Å². The number of nitrogens with one attached hydrogen (secondary N) is 1. The van der Waals surface area contributed by atoms with E-state index in [9.17, 15) is 13.2 Å². The van der Waals surface area contributed by atoms with Crippen LogP contribution < -0.4 is 5.32 Å². The van der Waals surface area contributed by atoms with Gasteiger partial charge in [0.15, 0.2) is 11.5 Å². The Morgan fingerprint density at radius 2 is 1.43 bits per heavy atom. The third kappa shape index (κ3) is 4.60. The molecule has 30 heavy (non-hydrogen) atoms. The predicted molar refractivity (Wildman–Crippen MR) is 107 cm³/mol. The van der Waals surface area contributed by atoms with Gasteiger partial charge in [-0.15, -0.1) is 0 Å². The Kier molecular flexibility index (Phi) is 5.38. The SMILES string of the molecule is FC(F)(F)c1cc(NCc2ccc(-c3cccnc3)cc2)nc(-c2cccnc2)n1. The first kappa shape index (κ1) is 19.5. The number of halogens is 3. The summed E-state index contributed by atoms with van der Waals surface area (Å²) >= 11 is 0. The maximum Gasteiger partial charge on any atom is 0.433 e. The van der Waals surface area contributed by atoms with Crippen LogP contribution >= 0.6 is 0 Å². The lowest BCUT2D eigenvalue weighted by molar-refractivity contribution is -0.141. The predicted octanol–water partition coefficient (Wildman–Crippen LogP) is 5.23. The van der Waals surface area contributed by atoms with Crippen LogP contribution in [0.2, 0.25) is 0 Å². The van der Waals surface area contributed by atoms with Gasteiger partial charge in [-0.25, -0.2) is 9.97 Å². The molecule has 1 N–H and O–H groups in total. The van der Waals surface area contributed by atoms with Gasteiger partial charge in [-0.1, -0.05) is 30.3 Å². The zero-order chi connectivity index (χ0) is 21.0. The van der Waals surface area contributed by atoms with Crippen LogP contribution in [-0.4, -0.2) is 19.9 Å². The first-order valence-electron chi connectivity index (χ1n) is 9.09. The fraction of sp³-hybridized carbons (Fsp3) is 0.0909. The summed E-state index contributed by atoms with van der Waals surface area (Å²) in [6, 6.07) is 15.7. The molecule has 8 heteroatoms. The highest BCUT2D eigenvalue weighted by molar-refractivity contribution is 5.62. The molecule has 0 aliphatic carbocycles. The summed E-state index contributed by atoms with van der Waals surface area (Å²) < 4.78 is 39.9. The maximum absolute atomic E-state index is 13.3. The van der Waals surface area contributed by atoms with E-state index >= 15 is 0 Å². The first-order valence-corrected chi connectivity index (χ1v) is 9.09. The van der Waals surface area contributed by atoms with Gasteiger partial charge in [0.2, 0.25) is 0 Å². The topological polar surface area (TPSA) is 63.6 Å². The number of aromatic nitrogens is 4. The Balaban J connectivity index is 1.55. The molecule has 4 aromatic rings. The van der Waals surface area contributed by atoms with E-state index in [1.54, 1.807) is 24.5 Å². The number of nitrogens with zero attached hydrogens (tertiary/aromatic N) is 4. The van der Waals surface area contributed by atoms with Crippen LogP contribution in [0.4, 0.5) is 19.0 Å². The third-order valence-corrected chi connectivity index (χ3v) is 4.36. The van der Waals surface area contributed by atoms with Gasteiger partial charge in [-0.3, -0.25) is 9.97 Å². The fourth-order valence-corrected chi connectivity index (χ4v) is 2.85. The van der Waals surface area contributed by atoms with E-state index < -0.39 is 11.9 Å². The minimum absolute atomic E-state index is 0.0349. The van der Waals surface area contributed by atoms with Crippen LogP contribution in [0.25, 0.3) is 22.5 Å². The Hall–Kier alpha value is -3.81. The van der Waals surface area contributed by atoms with Crippen LogP contribution in [0.1, 0.15) is 11.3 Å². The molecule has 0 amide bonds. The standard InChI is InChI=1S/C22H16F3N5/c23-22(24,25)19-11-20(30-21(29-19)18-4-2-10-27-14-18)28-12-15-5-7-16(8-6-15)17-3-1-9-26-13-17/h1-11,13-14H,12H2,(H,28,29,30). The van der Waals surface area contributed by atoms with Gasteiger partial charge in [0, 0.05) is 43.0 Å². The van der Waals surface area contributed by atoms with Gasteiger partial charge in [0.25, 0.3) is 0 Å². The molecule has 1 aromatic carbocycles. The minimum Gasteiger partial charge on any atom is -0.366 e. The van der Waals surface area contributed by atoms with Gasteiger partial charge < -0.3 is 5.32 Å². The third-order valence-electron chi connectivity index (χ3n) is 4.36.